The molecule has 0 bridgehead atoms. The van der Waals surface area contributed by atoms with E-state index in [4.69, 9.17) is 4.74 Å². The molecule has 2 N–H and O–H groups in total. The molecular formula is C16H19F3N2O4. The number of halogens is 3. The molecule has 0 fully saturated rings. The van der Waals surface area contributed by atoms with Gasteiger partial charge in [0, 0.05) is 0 Å². The molecule has 0 unspecified atom stereocenters. The second-order valence-corrected chi connectivity index (χ2v) is 6.45. The van der Waals surface area contributed by atoms with E-state index in [0.29, 0.717) is 6.07 Å². The van der Waals surface area contributed by atoms with Crippen LogP contribution in [0.2, 0.25) is 0 Å². The van der Waals surface area contributed by atoms with Crippen LogP contribution in [0.5, 0.6) is 0 Å². The van der Waals surface area contributed by atoms with Gasteiger partial charge in [0.25, 0.3) is 5.91 Å². The van der Waals surface area contributed by atoms with Gasteiger partial charge in [0.2, 0.25) is 5.91 Å². The molecular weight excluding hydrogens is 341 g/mol. The van der Waals surface area contributed by atoms with Crippen molar-refractivity contribution in [1.29, 1.82) is 0 Å². The topological polar surface area (TPSA) is 84.5 Å². The molecule has 0 radical (unpaired) electrons. The number of ether oxygens (including phenoxy) is 1. The fraction of sp³-hybridized carbons (Fsp3) is 0.438. The molecule has 9 heteroatoms. The molecule has 0 saturated heterocycles. The number of carbonyl (C=O) groups is 3. The first-order chi connectivity index (χ1) is 11.5. The van der Waals surface area contributed by atoms with Crippen LogP contribution in [0.4, 0.5) is 18.9 Å². The summed E-state index contributed by atoms with van der Waals surface area (Å²) in [5.74, 6) is -6.80. The summed E-state index contributed by atoms with van der Waals surface area (Å²) in [5.41, 5.74) is -0.850. The predicted molar refractivity (Wildman–Crippen MR) is 83.0 cm³/mol. The van der Waals surface area contributed by atoms with Gasteiger partial charge in [0.1, 0.15) is 0 Å². The molecule has 0 aliphatic carbocycles. The molecule has 0 saturated carbocycles. The summed E-state index contributed by atoms with van der Waals surface area (Å²) >= 11 is 0. The number of carbonyl (C=O) groups excluding carboxylic acids is 3. The Morgan fingerprint density at radius 1 is 1.04 bits per heavy atom. The first-order valence-corrected chi connectivity index (χ1v) is 7.35. The largest absolute Gasteiger partial charge is 0.456 e. The highest BCUT2D eigenvalue weighted by molar-refractivity contribution is 5.94. The normalized spacial score (nSPS) is 11.0. The minimum absolute atomic E-state index is 0.121. The summed E-state index contributed by atoms with van der Waals surface area (Å²) in [5, 5.41) is 4.13. The molecule has 0 aromatic heterocycles. The number of hydrogen-bond donors (Lipinski definition) is 2. The molecule has 1 aromatic rings. The molecule has 0 heterocycles. The van der Waals surface area contributed by atoms with Gasteiger partial charge in [-0.15, -0.1) is 0 Å². The maximum absolute atomic E-state index is 13.4. The van der Waals surface area contributed by atoms with Crippen LogP contribution < -0.4 is 10.6 Å². The van der Waals surface area contributed by atoms with Gasteiger partial charge in [-0.1, -0.05) is 20.8 Å². The number of hydrogen-bond acceptors (Lipinski definition) is 4. The standard InChI is InChI=1S/C16H19F3N2O4/c1-16(2,3)6-13(24)25-8-12(23)20-7-11(22)21-10-5-4-9(17)14(18)15(10)19/h4-5H,6-8H2,1-3H3,(H,20,23)(H,21,22). The van der Waals surface area contributed by atoms with Crippen LogP contribution >= 0.6 is 0 Å². The summed E-state index contributed by atoms with van der Waals surface area (Å²) in [7, 11) is 0. The van der Waals surface area contributed by atoms with Gasteiger partial charge < -0.3 is 15.4 Å². The van der Waals surface area contributed by atoms with Crippen LogP contribution in [0.15, 0.2) is 12.1 Å². The summed E-state index contributed by atoms with van der Waals surface area (Å²) in [4.78, 5) is 34.5. The molecule has 138 valence electrons. The van der Waals surface area contributed by atoms with Gasteiger partial charge in [0.15, 0.2) is 24.1 Å². The summed E-state index contributed by atoms with van der Waals surface area (Å²) < 4.78 is 43.9. The van der Waals surface area contributed by atoms with Gasteiger partial charge in [-0.2, -0.15) is 0 Å². The average Bonchev–Trinajstić information content (AvgIpc) is 2.50. The van der Waals surface area contributed by atoms with Crippen molar-refractivity contribution < 1.29 is 32.3 Å². The number of nitrogens with one attached hydrogen (secondary N) is 2. The van der Waals surface area contributed by atoms with Crippen molar-refractivity contribution in [3.63, 3.8) is 0 Å². The van der Waals surface area contributed by atoms with E-state index in [1.807, 2.05) is 26.1 Å². The highest BCUT2D eigenvalue weighted by Crippen LogP contribution is 2.19. The molecule has 1 rings (SSSR count). The lowest BCUT2D eigenvalue weighted by molar-refractivity contribution is -0.150. The van der Waals surface area contributed by atoms with Crippen LogP contribution in [0.3, 0.4) is 0 Å². The molecule has 0 atom stereocenters. The maximum Gasteiger partial charge on any atom is 0.306 e. The van der Waals surface area contributed by atoms with Gasteiger partial charge in [0.05, 0.1) is 18.7 Å². The minimum Gasteiger partial charge on any atom is -0.456 e. The van der Waals surface area contributed by atoms with Gasteiger partial charge >= 0.3 is 5.97 Å². The van der Waals surface area contributed by atoms with Crippen molar-refractivity contribution in [2.45, 2.75) is 27.2 Å². The Morgan fingerprint density at radius 3 is 2.28 bits per heavy atom. The van der Waals surface area contributed by atoms with Crippen LogP contribution in [-0.4, -0.2) is 30.9 Å². The van der Waals surface area contributed by atoms with Crippen molar-refractivity contribution in [1.82, 2.24) is 5.32 Å². The monoisotopic (exact) mass is 360 g/mol. The van der Waals surface area contributed by atoms with Crippen molar-refractivity contribution in [3.05, 3.63) is 29.6 Å². The number of rotatable bonds is 6. The lowest BCUT2D eigenvalue weighted by Gasteiger charge is -2.16. The number of esters is 1. The van der Waals surface area contributed by atoms with E-state index >= 15 is 0 Å². The highest BCUT2D eigenvalue weighted by Gasteiger charge is 2.18. The second-order valence-electron chi connectivity index (χ2n) is 6.45. The van der Waals surface area contributed by atoms with E-state index in [1.165, 1.54) is 0 Å². The van der Waals surface area contributed by atoms with E-state index in [0.717, 1.165) is 6.07 Å². The molecule has 1 aromatic carbocycles. The lowest BCUT2D eigenvalue weighted by Crippen LogP contribution is -2.36. The van der Waals surface area contributed by atoms with Crippen LogP contribution in [-0.2, 0) is 19.1 Å². The van der Waals surface area contributed by atoms with E-state index in [-0.39, 0.29) is 11.8 Å². The summed E-state index contributed by atoms with van der Waals surface area (Å²) in [6, 6.07) is 1.50. The summed E-state index contributed by atoms with van der Waals surface area (Å²) in [6.45, 7) is 4.36. The van der Waals surface area contributed by atoms with E-state index in [1.54, 1.807) is 0 Å². The molecule has 0 spiro atoms. The highest BCUT2D eigenvalue weighted by atomic mass is 19.2. The molecule has 25 heavy (non-hydrogen) atoms. The number of anilines is 1. The quantitative estimate of drug-likeness (QED) is 0.601. The molecule has 6 nitrogen and oxygen atoms in total. The third kappa shape index (κ3) is 7.23. The zero-order valence-corrected chi connectivity index (χ0v) is 14.0. The molecule has 0 aliphatic heterocycles. The van der Waals surface area contributed by atoms with Crippen LogP contribution in [0.1, 0.15) is 27.2 Å². The van der Waals surface area contributed by atoms with Crippen molar-refractivity contribution in [2.24, 2.45) is 5.41 Å². The SMILES string of the molecule is CC(C)(C)CC(=O)OCC(=O)NCC(=O)Nc1ccc(F)c(F)c1F. The third-order valence-electron chi connectivity index (χ3n) is 2.79. The molecule has 2 amide bonds. The first-order valence-electron chi connectivity index (χ1n) is 7.35. The number of amides is 2. The number of benzene rings is 1. The lowest BCUT2D eigenvalue weighted by atomic mass is 9.93. The Kier molecular flexibility index (Phi) is 6.96. The van der Waals surface area contributed by atoms with Gasteiger partial charge in [-0.25, -0.2) is 13.2 Å². The Bertz CT molecular complexity index is 672. The van der Waals surface area contributed by atoms with Gasteiger partial charge in [-0.05, 0) is 17.5 Å². The van der Waals surface area contributed by atoms with E-state index in [2.05, 4.69) is 5.32 Å². The van der Waals surface area contributed by atoms with Gasteiger partial charge in [-0.3, -0.25) is 14.4 Å². The zero-order chi connectivity index (χ0) is 19.2. The van der Waals surface area contributed by atoms with Crippen molar-refractivity contribution in [2.75, 3.05) is 18.5 Å². The second kappa shape index (κ2) is 8.50. The Balaban J connectivity index is 2.40. The Morgan fingerprint density at radius 2 is 1.68 bits per heavy atom. The van der Waals surface area contributed by atoms with Crippen molar-refractivity contribution in [3.8, 4) is 0 Å². The van der Waals surface area contributed by atoms with Crippen molar-refractivity contribution >= 4 is 23.5 Å². The zero-order valence-electron chi connectivity index (χ0n) is 14.0. The Hall–Kier alpha value is -2.58. The predicted octanol–water partition coefficient (Wildman–Crippen LogP) is 2.14. The smallest absolute Gasteiger partial charge is 0.306 e. The van der Waals surface area contributed by atoms with Crippen LogP contribution in [0, 0.1) is 22.9 Å². The minimum atomic E-state index is -1.72. The molecule has 0 aliphatic rings. The first kappa shape index (κ1) is 20.5. The van der Waals surface area contributed by atoms with E-state index < -0.39 is 54.1 Å². The fourth-order valence-electron chi connectivity index (χ4n) is 1.68. The summed E-state index contributed by atoms with van der Waals surface area (Å²) in [6.07, 6.45) is 0.121. The maximum atomic E-state index is 13.4. The average molecular weight is 360 g/mol. The fourth-order valence-corrected chi connectivity index (χ4v) is 1.68. The third-order valence-corrected chi connectivity index (χ3v) is 2.79. The Labute approximate surface area is 142 Å². The van der Waals surface area contributed by atoms with Crippen LogP contribution in [0.25, 0.3) is 0 Å². The van der Waals surface area contributed by atoms with E-state index in [9.17, 15) is 27.6 Å².